The van der Waals surface area contributed by atoms with Gasteiger partial charge >= 0.3 is 0 Å². The molecule has 2 N–H and O–H groups in total. The van der Waals surface area contributed by atoms with E-state index in [0.717, 1.165) is 17.1 Å². The fourth-order valence-corrected chi connectivity index (χ4v) is 1.68. The molecule has 1 atom stereocenters. The van der Waals surface area contributed by atoms with Crippen LogP contribution in [0.4, 0.5) is 5.69 Å². The van der Waals surface area contributed by atoms with Gasteiger partial charge in [-0.05, 0) is 32.0 Å². The molecule has 0 aliphatic carbocycles. The molecule has 0 amide bonds. The smallest absolute Gasteiger partial charge is 0.0639 e. The van der Waals surface area contributed by atoms with Crippen LogP contribution in [-0.4, -0.2) is 19.6 Å². The average Bonchev–Trinajstić information content (AvgIpc) is 2.18. The molecule has 3 heteroatoms. The largest absolute Gasteiger partial charge is 0.371 e. The second-order valence-corrected chi connectivity index (χ2v) is 3.90. The summed E-state index contributed by atoms with van der Waals surface area (Å²) in [5.41, 5.74) is 6.59. The minimum absolute atomic E-state index is 0.417. The second-order valence-electron chi connectivity index (χ2n) is 3.49. The Hall–Kier alpha value is -0.730. The molecule has 78 valence electrons. The van der Waals surface area contributed by atoms with Gasteiger partial charge in [-0.15, -0.1) is 0 Å². The fraction of sp³-hybridized carbons (Fsp3) is 0.455. The van der Waals surface area contributed by atoms with Gasteiger partial charge in [0.15, 0.2) is 0 Å². The zero-order valence-electron chi connectivity index (χ0n) is 8.70. The summed E-state index contributed by atoms with van der Waals surface area (Å²) in [5, 5.41) is 0.791. The predicted octanol–water partition coefficient (Wildman–Crippen LogP) is 2.51. The average molecular weight is 213 g/mol. The molecule has 0 radical (unpaired) electrons. The number of benzene rings is 1. The molecule has 0 fully saturated rings. The molecule has 0 aromatic heterocycles. The number of para-hydroxylation sites is 1. The van der Waals surface area contributed by atoms with Gasteiger partial charge in [-0.25, -0.2) is 0 Å². The van der Waals surface area contributed by atoms with Crippen molar-refractivity contribution >= 4 is 17.3 Å². The topological polar surface area (TPSA) is 29.3 Å². The summed E-state index contributed by atoms with van der Waals surface area (Å²) < 4.78 is 0. The van der Waals surface area contributed by atoms with E-state index in [1.807, 2.05) is 31.3 Å². The molecule has 0 spiro atoms. The van der Waals surface area contributed by atoms with Crippen LogP contribution in [0.5, 0.6) is 0 Å². The van der Waals surface area contributed by atoms with E-state index in [0.29, 0.717) is 12.6 Å². The zero-order chi connectivity index (χ0) is 10.6. The van der Waals surface area contributed by atoms with Crippen LogP contribution < -0.4 is 10.6 Å². The van der Waals surface area contributed by atoms with Crippen molar-refractivity contribution in [3.63, 3.8) is 0 Å². The third-order valence-corrected chi connectivity index (χ3v) is 2.80. The maximum absolute atomic E-state index is 6.09. The Labute approximate surface area is 90.7 Å². The SMILES string of the molecule is CC(CCN)N(C)c1ccccc1Cl. The van der Waals surface area contributed by atoms with Crippen LogP contribution in [-0.2, 0) is 0 Å². The molecular formula is C11H17ClN2. The zero-order valence-corrected chi connectivity index (χ0v) is 9.46. The van der Waals surface area contributed by atoms with Crippen LogP contribution >= 0.6 is 11.6 Å². The second kappa shape index (κ2) is 5.23. The number of rotatable bonds is 4. The first-order valence-electron chi connectivity index (χ1n) is 4.84. The summed E-state index contributed by atoms with van der Waals surface area (Å²) in [5.74, 6) is 0. The van der Waals surface area contributed by atoms with E-state index in [9.17, 15) is 0 Å². The standard InChI is InChI=1S/C11H17ClN2/c1-9(7-8-13)14(2)11-6-4-3-5-10(11)12/h3-6,9H,7-8,13H2,1-2H3. The highest BCUT2D eigenvalue weighted by Gasteiger charge is 2.11. The first kappa shape index (κ1) is 11.3. The molecule has 0 saturated carbocycles. The third-order valence-electron chi connectivity index (χ3n) is 2.48. The Morgan fingerprint density at radius 2 is 2.07 bits per heavy atom. The number of nitrogens with two attached hydrogens (primary N) is 1. The third kappa shape index (κ3) is 2.63. The quantitative estimate of drug-likeness (QED) is 0.831. The van der Waals surface area contributed by atoms with Crippen molar-refractivity contribution in [1.29, 1.82) is 0 Å². The highest BCUT2D eigenvalue weighted by atomic mass is 35.5. The minimum atomic E-state index is 0.417. The van der Waals surface area contributed by atoms with Gasteiger partial charge in [-0.2, -0.15) is 0 Å². The molecule has 1 rings (SSSR count). The van der Waals surface area contributed by atoms with E-state index in [4.69, 9.17) is 17.3 Å². The van der Waals surface area contributed by atoms with Crippen LogP contribution in [0.25, 0.3) is 0 Å². The Balaban J connectivity index is 2.78. The molecule has 0 bridgehead atoms. The van der Waals surface area contributed by atoms with Crippen molar-refractivity contribution in [3.8, 4) is 0 Å². The maximum atomic E-state index is 6.09. The van der Waals surface area contributed by atoms with Crippen molar-refractivity contribution in [2.45, 2.75) is 19.4 Å². The van der Waals surface area contributed by atoms with Gasteiger partial charge in [0, 0.05) is 13.1 Å². The van der Waals surface area contributed by atoms with E-state index in [1.165, 1.54) is 0 Å². The summed E-state index contributed by atoms with van der Waals surface area (Å²) in [6, 6.07) is 8.28. The first-order valence-corrected chi connectivity index (χ1v) is 5.22. The molecule has 2 nitrogen and oxygen atoms in total. The summed E-state index contributed by atoms with van der Waals surface area (Å²) >= 11 is 6.09. The Bertz CT molecular complexity index is 288. The lowest BCUT2D eigenvalue weighted by atomic mass is 10.2. The molecule has 0 aliphatic rings. The van der Waals surface area contributed by atoms with E-state index in [1.54, 1.807) is 0 Å². The fourth-order valence-electron chi connectivity index (χ4n) is 1.41. The lowest BCUT2D eigenvalue weighted by Crippen LogP contribution is -2.30. The Morgan fingerprint density at radius 1 is 1.43 bits per heavy atom. The highest BCUT2D eigenvalue weighted by Crippen LogP contribution is 2.25. The van der Waals surface area contributed by atoms with Crippen molar-refractivity contribution in [3.05, 3.63) is 29.3 Å². The molecule has 1 aromatic carbocycles. The molecule has 1 aromatic rings. The van der Waals surface area contributed by atoms with Crippen LogP contribution in [0.3, 0.4) is 0 Å². The summed E-state index contributed by atoms with van der Waals surface area (Å²) in [6.07, 6.45) is 0.974. The summed E-state index contributed by atoms with van der Waals surface area (Å²) in [4.78, 5) is 2.16. The normalized spacial score (nSPS) is 12.6. The predicted molar refractivity (Wildman–Crippen MR) is 63.0 cm³/mol. The van der Waals surface area contributed by atoms with Gasteiger partial charge in [-0.3, -0.25) is 0 Å². The van der Waals surface area contributed by atoms with Crippen molar-refractivity contribution in [2.75, 3.05) is 18.5 Å². The van der Waals surface area contributed by atoms with Crippen LogP contribution in [0.2, 0.25) is 5.02 Å². The number of anilines is 1. The number of nitrogens with zero attached hydrogens (tertiary/aromatic N) is 1. The van der Waals surface area contributed by atoms with Gasteiger partial charge in [-0.1, -0.05) is 23.7 Å². The van der Waals surface area contributed by atoms with Gasteiger partial charge in [0.1, 0.15) is 0 Å². The number of hydrogen-bond acceptors (Lipinski definition) is 2. The summed E-state index contributed by atoms with van der Waals surface area (Å²) in [7, 11) is 2.04. The van der Waals surface area contributed by atoms with Crippen molar-refractivity contribution in [2.24, 2.45) is 5.73 Å². The first-order chi connectivity index (χ1) is 6.66. The van der Waals surface area contributed by atoms with Gasteiger partial charge in [0.05, 0.1) is 10.7 Å². The van der Waals surface area contributed by atoms with Crippen molar-refractivity contribution < 1.29 is 0 Å². The lowest BCUT2D eigenvalue weighted by Gasteiger charge is -2.27. The molecule has 0 aliphatic heterocycles. The highest BCUT2D eigenvalue weighted by molar-refractivity contribution is 6.33. The molecular weight excluding hydrogens is 196 g/mol. The van der Waals surface area contributed by atoms with Gasteiger partial charge in [0.25, 0.3) is 0 Å². The van der Waals surface area contributed by atoms with E-state index in [-0.39, 0.29) is 0 Å². The number of hydrogen-bond donors (Lipinski definition) is 1. The Kier molecular flexibility index (Phi) is 4.23. The molecule has 1 unspecified atom stereocenters. The van der Waals surface area contributed by atoms with Crippen molar-refractivity contribution in [1.82, 2.24) is 0 Å². The van der Waals surface area contributed by atoms with Gasteiger partial charge in [0.2, 0.25) is 0 Å². The van der Waals surface area contributed by atoms with E-state index >= 15 is 0 Å². The lowest BCUT2D eigenvalue weighted by molar-refractivity contribution is 0.635. The van der Waals surface area contributed by atoms with Gasteiger partial charge < -0.3 is 10.6 Å². The molecule has 0 heterocycles. The molecule has 14 heavy (non-hydrogen) atoms. The van der Waals surface area contributed by atoms with Crippen LogP contribution in [0.15, 0.2) is 24.3 Å². The van der Waals surface area contributed by atoms with E-state index in [2.05, 4.69) is 11.8 Å². The molecule has 0 saturated heterocycles. The Morgan fingerprint density at radius 3 is 2.64 bits per heavy atom. The van der Waals surface area contributed by atoms with Crippen LogP contribution in [0, 0.1) is 0 Å². The maximum Gasteiger partial charge on any atom is 0.0639 e. The monoisotopic (exact) mass is 212 g/mol. The number of halogens is 1. The minimum Gasteiger partial charge on any atom is -0.371 e. The summed E-state index contributed by atoms with van der Waals surface area (Å²) in [6.45, 7) is 2.85. The van der Waals surface area contributed by atoms with Crippen LogP contribution in [0.1, 0.15) is 13.3 Å². The van der Waals surface area contributed by atoms with E-state index < -0.39 is 0 Å².